The summed E-state index contributed by atoms with van der Waals surface area (Å²) >= 11 is 0. The van der Waals surface area contributed by atoms with Crippen molar-refractivity contribution in [1.29, 1.82) is 0 Å². The largest absolute Gasteiger partial charge is 0.454 e. The Bertz CT molecular complexity index is 1260. The summed E-state index contributed by atoms with van der Waals surface area (Å²) in [5.41, 5.74) is 1.19. The highest BCUT2D eigenvalue weighted by atomic mass is 32.2. The van der Waals surface area contributed by atoms with E-state index in [1.807, 2.05) is 0 Å². The monoisotopic (exact) mass is 456 g/mol. The molecular formula is C23H21FN2O5S. The zero-order chi connectivity index (χ0) is 22.7. The van der Waals surface area contributed by atoms with Gasteiger partial charge in [0.2, 0.25) is 16.8 Å². The molecule has 0 fully saturated rings. The number of sulfonamides is 1. The van der Waals surface area contributed by atoms with Crippen LogP contribution >= 0.6 is 0 Å². The molecule has 4 rings (SSSR count). The minimum absolute atomic E-state index is 0.0414. The Morgan fingerprint density at radius 3 is 2.62 bits per heavy atom. The summed E-state index contributed by atoms with van der Waals surface area (Å²) in [6, 6.07) is 16.4. The molecule has 9 heteroatoms. The van der Waals surface area contributed by atoms with Crippen LogP contribution in [0, 0.1) is 5.82 Å². The summed E-state index contributed by atoms with van der Waals surface area (Å²) in [6.45, 7) is 1.83. The molecule has 0 aliphatic carbocycles. The van der Waals surface area contributed by atoms with Crippen molar-refractivity contribution in [2.45, 2.75) is 24.4 Å². The summed E-state index contributed by atoms with van der Waals surface area (Å²) in [4.78, 5) is 12.6. The van der Waals surface area contributed by atoms with Crippen LogP contribution in [0.2, 0.25) is 0 Å². The Hall–Kier alpha value is -3.43. The van der Waals surface area contributed by atoms with Crippen LogP contribution in [-0.2, 0) is 16.6 Å². The molecule has 1 amide bonds. The Morgan fingerprint density at radius 2 is 1.81 bits per heavy atom. The van der Waals surface area contributed by atoms with Gasteiger partial charge in [-0.25, -0.2) is 17.5 Å². The topological polar surface area (TPSA) is 93.7 Å². The van der Waals surface area contributed by atoms with Crippen molar-refractivity contribution in [1.82, 2.24) is 10.0 Å². The van der Waals surface area contributed by atoms with Crippen LogP contribution in [0.4, 0.5) is 4.39 Å². The number of carbonyl (C=O) groups excluding carboxylic acids is 1. The molecule has 1 heterocycles. The van der Waals surface area contributed by atoms with Crippen molar-refractivity contribution in [2.24, 2.45) is 0 Å². The third kappa shape index (κ3) is 4.74. The molecule has 32 heavy (non-hydrogen) atoms. The summed E-state index contributed by atoms with van der Waals surface area (Å²) < 4.78 is 52.5. The van der Waals surface area contributed by atoms with E-state index < -0.39 is 27.8 Å². The second kappa shape index (κ2) is 8.97. The minimum atomic E-state index is -3.88. The molecule has 3 aromatic rings. The lowest BCUT2D eigenvalue weighted by Gasteiger charge is -2.15. The Kier molecular flexibility index (Phi) is 6.11. The number of ether oxygens (including phenoxy) is 2. The number of hydrogen-bond donors (Lipinski definition) is 2. The molecule has 0 spiro atoms. The van der Waals surface area contributed by atoms with Gasteiger partial charge in [0.1, 0.15) is 5.82 Å². The van der Waals surface area contributed by atoms with E-state index in [1.165, 1.54) is 30.3 Å². The van der Waals surface area contributed by atoms with Crippen molar-refractivity contribution in [3.63, 3.8) is 0 Å². The lowest BCUT2D eigenvalue weighted by atomic mass is 10.1. The highest BCUT2D eigenvalue weighted by Gasteiger charge is 2.19. The predicted octanol–water partition coefficient (Wildman–Crippen LogP) is 3.52. The van der Waals surface area contributed by atoms with E-state index in [0.717, 1.165) is 0 Å². The van der Waals surface area contributed by atoms with E-state index in [-0.39, 0.29) is 23.8 Å². The molecule has 1 unspecified atom stereocenters. The molecule has 1 aliphatic heterocycles. The first-order valence-corrected chi connectivity index (χ1v) is 11.4. The standard InChI is InChI=1S/C23H21FN2O5S/c1-15(19-7-2-3-8-20(19)24)26-23(27)17-5-4-6-18(12-17)32(28,29)25-13-16-9-10-21-22(11-16)31-14-30-21/h2-12,15,25H,13-14H2,1H3,(H,26,27). The maximum atomic E-state index is 14.0. The second-order valence-electron chi connectivity index (χ2n) is 7.26. The quantitative estimate of drug-likeness (QED) is 0.567. The van der Waals surface area contributed by atoms with Crippen LogP contribution in [0.15, 0.2) is 71.6 Å². The molecule has 0 saturated heterocycles. The third-order valence-electron chi connectivity index (χ3n) is 5.03. The third-order valence-corrected chi connectivity index (χ3v) is 6.43. The van der Waals surface area contributed by atoms with Gasteiger partial charge in [-0.05, 0) is 48.9 Å². The van der Waals surface area contributed by atoms with E-state index in [9.17, 15) is 17.6 Å². The van der Waals surface area contributed by atoms with Crippen LogP contribution in [0.1, 0.15) is 34.5 Å². The van der Waals surface area contributed by atoms with E-state index in [4.69, 9.17) is 9.47 Å². The summed E-state index contributed by atoms with van der Waals surface area (Å²) in [5, 5.41) is 2.69. The van der Waals surface area contributed by atoms with Gasteiger partial charge in [-0.1, -0.05) is 30.3 Å². The summed E-state index contributed by atoms with van der Waals surface area (Å²) in [5.74, 6) is 0.238. The second-order valence-corrected chi connectivity index (χ2v) is 9.02. The van der Waals surface area contributed by atoms with Crippen LogP contribution in [0.5, 0.6) is 11.5 Å². The normalized spacial score (nSPS) is 13.6. The maximum Gasteiger partial charge on any atom is 0.251 e. The van der Waals surface area contributed by atoms with Gasteiger partial charge in [-0.3, -0.25) is 4.79 Å². The van der Waals surface area contributed by atoms with Crippen molar-refractivity contribution < 1.29 is 27.1 Å². The van der Waals surface area contributed by atoms with Crippen molar-refractivity contribution >= 4 is 15.9 Å². The highest BCUT2D eigenvalue weighted by molar-refractivity contribution is 7.89. The zero-order valence-corrected chi connectivity index (χ0v) is 18.0. The number of amides is 1. The fourth-order valence-corrected chi connectivity index (χ4v) is 4.36. The number of hydrogen-bond acceptors (Lipinski definition) is 5. The van der Waals surface area contributed by atoms with E-state index >= 15 is 0 Å². The number of halogens is 1. The number of benzene rings is 3. The molecule has 7 nitrogen and oxygen atoms in total. The maximum absolute atomic E-state index is 14.0. The van der Waals surface area contributed by atoms with Crippen LogP contribution < -0.4 is 19.5 Å². The van der Waals surface area contributed by atoms with Gasteiger partial charge in [-0.15, -0.1) is 0 Å². The average molecular weight is 456 g/mol. The van der Waals surface area contributed by atoms with Crippen LogP contribution in [0.3, 0.4) is 0 Å². The number of fused-ring (bicyclic) bond motifs is 1. The zero-order valence-electron chi connectivity index (χ0n) is 17.2. The first-order valence-electron chi connectivity index (χ1n) is 9.87. The fourth-order valence-electron chi connectivity index (χ4n) is 3.30. The molecule has 0 bridgehead atoms. The van der Waals surface area contributed by atoms with Gasteiger partial charge in [0.15, 0.2) is 11.5 Å². The minimum Gasteiger partial charge on any atom is -0.454 e. The predicted molar refractivity (Wildman–Crippen MR) is 115 cm³/mol. The number of rotatable bonds is 7. The lowest BCUT2D eigenvalue weighted by Crippen LogP contribution is -2.28. The Morgan fingerprint density at radius 1 is 1.03 bits per heavy atom. The summed E-state index contributed by atoms with van der Waals surface area (Å²) in [6.07, 6.45) is 0. The molecule has 166 valence electrons. The van der Waals surface area contributed by atoms with Gasteiger partial charge in [-0.2, -0.15) is 0 Å². The van der Waals surface area contributed by atoms with Gasteiger partial charge < -0.3 is 14.8 Å². The van der Waals surface area contributed by atoms with E-state index in [1.54, 1.807) is 43.3 Å². The van der Waals surface area contributed by atoms with Gasteiger partial charge in [0.25, 0.3) is 5.91 Å². The smallest absolute Gasteiger partial charge is 0.251 e. The van der Waals surface area contributed by atoms with E-state index in [2.05, 4.69) is 10.0 Å². The SMILES string of the molecule is CC(NC(=O)c1cccc(S(=O)(=O)NCc2ccc3c(c2)OCO3)c1)c1ccccc1F. The summed E-state index contributed by atoms with van der Waals surface area (Å²) in [7, 11) is -3.88. The number of nitrogens with one attached hydrogen (secondary N) is 2. The first kappa shape index (κ1) is 21.8. The van der Waals surface area contributed by atoms with Gasteiger partial charge in [0.05, 0.1) is 10.9 Å². The molecule has 3 aromatic carbocycles. The van der Waals surface area contributed by atoms with Crippen molar-refractivity contribution in [3.8, 4) is 11.5 Å². The molecule has 2 N–H and O–H groups in total. The van der Waals surface area contributed by atoms with Crippen molar-refractivity contribution in [3.05, 3.63) is 89.2 Å². The van der Waals surface area contributed by atoms with E-state index in [0.29, 0.717) is 22.6 Å². The molecular weight excluding hydrogens is 435 g/mol. The molecule has 1 aliphatic rings. The highest BCUT2D eigenvalue weighted by Crippen LogP contribution is 2.32. The number of carbonyl (C=O) groups is 1. The van der Waals surface area contributed by atoms with Gasteiger partial charge in [0, 0.05) is 17.7 Å². The first-order chi connectivity index (χ1) is 15.3. The molecule has 0 aromatic heterocycles. The van der Waals surface area contributed by atoms with Crippen LogP contribution in [0.25, 0.3) is 0 Å². The van der Waals surface area contributed by atoms with Crippen molar-refractivity contribution in [2.75, 3.05) is 6.79 Å². The average Bonchev–Trinajstić information content (AvgIpc) is 3.26. The lowest BCUT2D eigenvalue weighted by molar-refractivity contribution is 0.0939. The van der Waals surface area contributed by atoms with Crippen LogP contribution in [-0.4, -0.2) is 21.1 Å². The van der Waals surface area contributed by atoms with Gasteiger partial charge >= 0.3 is 0 Å². The molecule has 0 saturated carbocycles. The Labute approximate surface area is 185 Å². The molecule has 1 atom stereocenters. The molecule has 0 radical (unpaired) electrons. The fraction of sp³-hybridized carbons (Fsp3) is 0.174. The Balaban J connectivity index is 1.45.